The van der Waals surface area contributed by atoms with Gasteiger partial charge in [-0.1, -0.05) is 31.2 Å². The number of nitrogens with zero attached hydrogens (tertiary/aromatic N) is 4. The summed E-state index contributed by atoms with van der Waals surface area (Å²) in [4.78, 5) is 21.1. The van der Waals surface area contributed by atoms with Gasteiger partial charge in [0.15, 0.2) is 5.82 Å². The number of carbonyl (C=O) groups excluding carboxylic acids is 1. The van der Waals surface area contributed by atoms with E-state index in [0.717, 1.165) is 16.8 Å². The number of ether oxygens (including phenoxy) is 1. The van der Waals surface area contributed by atoms with E-state index in [-0.39, 0.29) is 6.61 Å². The zero-order valence-electron chi connectivity index (χ0n) is 15.6. The first-order valence-electron chi connectivity index (χ1n) is 8.78. The van der Waals surface area contributed by atoms with Crippen molar-refractivity contribution >= 4 is 5.97 Å². The molecule has 1 aromatic carbocycles. The molecule has 6 heteroatoms. The van der Waals surface area contributed by atoms with Crippen molar-refractivity contribution in [2.45, 2.75) is 20.3 Å². The maximum absolute atomic E-state index is 12.6. The monoisotopic (exact) mass is 360 g/mol. The lowest BCUT2D eigenvalue weighted by molar-refractivity contribution is 0.0516. The molecule has 0 N–H and O–H groups in total. The summed E-state index contributed by atoms with van der Waals surface area (Å²) in [5.74, 6) is 0.194. The highest BCUT2D eigenvalue weighted by Gasteiger charge is 2.26. The second kappa shape index (κ2) is 7.83. The molecule has 2 aromatic heterocycles. The fraction of sp³-hybridized carbons (Fsp3) is 0.238. The number of hydrogen-bond donors (Lipinski definition) is 0. The van der Waals surface area contributed by atoms with Crippen LogP contribution in [0.15, 0.2) is 42.7 Å². The number of benzene rings is 1. The van der Waals surface area contributed by atoms with Gasteiger partial charge in [0.2, 0.25) is 0 Å². The SMILES string of the molecule is CCOC(=O)c1c(-c2ccc(-c3ncccn3)cc2)c(C#N)c(CC)n1C. The molecule has 136 valence electrons. The normalized spacial score (nSPS) is 10.4. The Balaban J connectivity index is 2.15. The van der Waals surface area contributed by atoms with E-state index in [0.29, 0.717) is 29.1 Å². The average Bonchev–Trinajstić information content (AvgIpc) is 3.00. The van der Waals surface area contributed by atoms with Crippen LogP contribution in [-0.4, -0.2) is 27.1 Å². The van der Waals surface area contributed by atoms with Crippen molar-refractivity contribution in [1.29, 1.82) is 5.26 Å². The Kier molecular flexibility index (Phi) is 5.32. The zero-order chi connectivity index (χ0) is 19.4. The van der Waals surface area contributed by atoms with E-state index in [9.17, 15) is 10.1 Å². The van der Waals surface area contributed by atoms with E-state index in [1.54, 1.807) is 37.0 Å². The molecule has 0 radical (unpaired) electrons. The Hall–Kier alpha value is -3.46. The van der Waals surface area contributed by atoms with Crippen molar-refractivity contribution in [3.63, 3.8) is 0 Å². The summed E-state index contributed by atoms with van der Waals surface area (Å²) in [6.45, 7) is 4.00. The van der Waals surface area contributed by atoms with Crippen LogP contribution in [0.25, 0.3) is 22.5 Å². The summed E-state index contributed by atoms with van der Waals surface area (Å²) < 4.78 is 7.00. The topological polar surface area (TPSA) is 80.8 Å². The fourth-order valence-electron chi connectivity index (χ4n) is 3.22. The molecule has 3 aromatic rings. The van der Waals surface area contributed by atoms with Crippen LogP contribution in [0.5, 0.6) is 0 Å². The molecule has 0 amide bonds. The summed E-state index contributed by atoms with van der Waals surface area (Å²) in [5.41, 5.74) is 3.97. The number of aromatic nitrogens is 3. The Labute approximate surface area is 158 Å². The van der Waals surface area contributed by atoms with E-state index >= 15 is 0 Å². The third-order valence-electron chi connectivity index (χ3n) is 4.43. The molecule has 3 rings (SSSR count). The third kappa shape index (κ3) is 3.32. The third-order valence-corrected chi connectivity index (χ3v) is 4.43. The van der Waals surface area contributed by atoms with E-state index in [4.69, 9.17) is 4.74 Å². The predicted molar refractivity (Wildman–Crippen MR) is 102 cm³/mol. The van der Waals surface area contributed by atoms with Gasteiger partial charge in [0.1, 0.15) is 11.8 Å². The predicted octanol–water partition coefficient (Wildman–Crippen LogP) is 3.76. The molecule has 0 aliphatic carbocycles. The number of carbonyl (C=O) groups is 1. The van der Waals surface area contributed by atoms with E-state index < -0.39 is 5.97 Å². The molecular formula is C21H20N4O2. The van der Waals surface area contributed by atoms with E-state index in [1.165, 1.54) is 0 Å². The second-order valence-corrected chi connectivity index (χ2v) is 5.94. The van der Waals surface area contributed by atoms with Crippen LogP contribution in [0, 0.1) is 11.3 Å². The molecule has 6 nitrogen and oxygen atoms in total. The second-order valence-electron chi connectivity index (χ2n) is 5.94. The Bertz CT molecular complexity index is 999. The van der Waals surface area contributed by atoms with Crippen LogP contribution >= 0.6 is 0 Å². The van der Waals surface area contributed by atoms with Gasteiger partial charge in [0.05, 0.1) is 12.2 Å². The number of esters is 1. The van der Waals surface area contributed by atoms with Crippen LogP contribution in [0.4, 0.5) is 0 Å². The van der Waals surface area contributed by atoms with Crippen LogP contribution in [0.3, 0.4) is 0 Å². The molecule has 0 aliphatic rings. The molecule has 0 spiro atoms. The Morgan fingerprint density at radius 2 is 1.78 bits per heavy atom. The number of nitriles is 1. The van der Waals surface area contributed by atoms with Crippen molar-refractivity contribution in [3.05, 3.63) is 59.7 Å². The maximum Gasteiger partial charge on any atom is 0.355 e. The molecule has 0 unspecified atom stereocenters. The summed E-state index contributed by atoms with van der Waals surface area (Å²) in [5, 5.41) is 9.74. The van der Waals surface area contributed by atoms with Gasteiger partial charge in [0.25, 0.3) is 0 Å². The summed E-state index contributed by atoms with van der Waals surface area (Å²) in [6.07, 6.45) is 4.02. The van der Waals surface area contributed by atoms with Crippen LogP contribution in [-0.2, 0) is 18.2 Å². The first kappa shape index (κ1) is 18.3. The van der Waals surface area contributed by atoms with Gasteiger partial charge in [-0.3, -0.25) is 0 Å². The Morgan fingerprint density at radius 1 is 1.15 bits per heavy atom. The minimum absolute atomic E-state index is 0.275. The van der Waals surface area contributed by atoms with E-state index in [2.05, 4.69) is 16.0 Å². The van der Waals surface area contributed by atoms with Gasteiger partial charge in [0, 0.05) is 36.3 Å². The lowest BCUT2D eigenvalue weighted by Crippen LogP contribution is -2.12. The highest BCUT2D eigenvalue weighted by molar-refractivity contribution is 5.98. The van der Waals surface area contributed by atoms with Gasteiger partial charge >= 0.3 is 5.97 Å². The Morgan fingerprint density at radius 3 is 2.33 bits per heavy atom. The van der Waals surface area contributed by atoms with E-state index in [1.807, 2.05) is 31.2 Å². The van der Waals surface area contributed by atoms with Crippen molar-refractivity contribution in [2.75, 3.05) is 6.61 Å². The fourth-order valence-corrected chi connectivity index (χ4v) is 3.22. The quantitative estimate of drug-likeness (QED) is 0.647. The van der Waals surface area contributed by atoms with Crippen molar-refractivity contribution in [3.8, 4) is 28.6 Å². The largest absolute Gasteiger partial charge is 0.461 e. The lowest BCUT2D eigenvalue weighted by Gasteiger charge is -2.08. The average molecular weight is 360 g/mol. The maximum atomic E-state index is 12.6. The van der Waals surface area contributed by atoms with Gasteiger partial charge in [-0.2, -0.15) is 5.26 Å². The van der Waals surface area contributed by atoms with Gasteiger partial charge in [-0.15, -0.1) is 0 Å². The molecule has 0 saturated carbocycles. The van der Waals surface area contributed by atoms with Gasteiger partial charge in [-0.25, -0.2) is 14.8 Å². The first-order valence-corrected chi connectivity index (χ1v) is 8.78. The summed E-state index contributed by atoms with van der Waals surface area (Å²) in [6, 6.07) is 11.6. The lowest BCUT2D eigenvalue weighted by atomic mass is 9.98. The number of hydrogen-bond acceptors (Lipinski definition) is 5. The molecule has 27 heavy (non-hydrogen) atoms. The van der Waals surface area contributed by atoms with Gasteiger partial charge in [-0.05, 0) is 25.0 Å². The number of rotatable bonds is 5. The molecule has 0 saturated heterocycles. The molecule has 0 aliphatic heterocycles. The highest BCUT2D eigenvalue weighted by atomic mass is 16.5. The van der Waals surface area contributed by atoms with Crippen molar-refractivity contribution in [2.24, 2.45) is 7.05 Å². The van der Waals surface area contributed by atoms with Crippen molar-refractivity contribution in [1.82, 2.24) is 14.5 Å². The molecular weight excluding hydrogens is 340 g/mol. The molecule has 0 atom stereocenters. The van der Waals surface area contributed by atoms with Crippen LogP contribution in [0.1, 0.15) is 35.6 Å². The van der Waals surface area contributed by atoms with Crippen molar-refractivity contribution < 1.29 is 9.53 Å². The standard InChI is InChI=1S/C21H20N4O2/c1-4-17-16(13-22)18(19(25(17)3)21(26)27-5-2)14-7-9-15(10-8-14)20-23-11-6-12-24-20/h6-12H,4-5H2,1-3H3. The highest BCUT2D eigenvalue weighted by Crippen LogP contribution is 2.34. The first-order chi connectivity index (χ1) is 13.1. The summed E-state index contributed by atoms with van der Waals surface area (Å²) in [7, 11) is 1.79. The zero-order valence-corrected chi connectivity index (χ0v) is 15.6. The van der Waals surface area contributed by atoms with Gasteiger partial charge < -0.3 is 9.30 Å². The molecule has 2 heterocycles. The van der Waals surface area contributed by atoms with Crippen LogP contribution < -0.4 is 0 Å². The molecule has 0 fully saturated rings. The minimum Gasteiger partial charge on any atom is -0.461 e. The van der Waals surface area contributed by atoms with Crippen LogP contribution in [0.2, 0.25) is 0 Å². The summed E-state index contributed by atoms with van der Waals surface area (Å²) >= 11 is 0. The molecule has 0 bridgehead atoms. The smallest absolute Gasteiger partial charge is 0.355 e. The minimum atomic E-state index is -0.429.